The maximum absolute atomic E-state index is 6.76. The molecular weight excluding hydrogens is 430 g/mol. The van der Waals surface area contributed by atoms with Gasteiger partial charge < -0.3 is 16.8 Å². The Bertz CT molecular complexity index is 878. The molecule has 1 aliphatic rings. The minimum atomic E-state index is 0.237. The fraction of sp³-hybridized carbons (Fsp3) is 0.600. The van der Waals surface area contributed by atoms with E-state index in [1.807, 2.05) is 0 Å². The molecule has 0 unspecified atom stereocenters. The molecule has 0 aromatic heterocycles. The number of nitrogens with zero attached hydrogens (tertiary/aromatic N) is 1. The summed E-state index contributed by atoms with van der Waals surface area (Å²) in [5.41, 5.74) is 22.3. The topological polar surface area (TPSA) is 79.3 Å². The van der Waals surface area contributed by atoms with Crippen molar-refractivity contribution in [3.05, 3.63) is 64.9 Å². The van der Waals surface area contributed by atoms with Gasteiger partial charge in [-0.3, -0.25) is 5.43 Å². The fourth-order valence-corrected chi connectivity index (χ4v) is 4.14. The van der Waals surface area contributed by atoms with Crippen LogP contribution in [0.1, 0.15) is 84.3 Å². The van der Waals surface area contributed by atoms with Gasteiger partial charge in [0.1, 0.15) is 0 Å². The Morgan fingerprint density at radius 3 is 2.46 bits per heavy atom. The first-order valence-electron chi connectivity index (χ1n) is 13.4. The molecular formula is C30H51N5. The Labute approximate surface area is 215 Å². The molecule has 0 saturated heterocycles. The summed E-state index contributed by atoms with van der Waals surface area (Å²) in [6.07, 6.45) is 13.0. The maximum Gasteiger partial charge on any atom is 0.0653 e. The van der Waals surface area contributed by atoms with E-state index in [2.05, 4.69) is 99.9 Å². The molecule has 0 radical (unpaired) electrons. The van der Waals surface area contributed by atoms with Crippen molar-refractivity contribution >= 4 is 5.70 Å². The lowest BCUT2D eigenvalue weighted by atomic mass is 9.78. The predicted molar refractivity (Wildman–Crippen MR) is 152 cm³/mol. The molecule has 1 aliphatic carbocycles. The number of hydrogen-bond donors (Lipinski definition) is 4. The van der Waals surface area contributed by atoms with Crippen molar-refractivity contribution < 1.29 is 0 Å². The summed E-state index contributed by atoms with van der Waals surface area (Å²) in [7, 11) is 2.13. The lowest BCUT2D eigenvalue weighted by Gasteiger charge is -2.32. The number of nitrogens with one attached hydrogen (secondary N) is 2. The molecule has 35 heavy (non-hydrogen) atoms. The summed E-state index contributed by atoms with van der Waals surface area (Å²) in [6, 6.07) is 8.59. The van der Waals surface area contributed by atoms with E-state index in [0.717, 1.165) is 55.9 Å². The summed E-state index contributed by atoms with van der Waals surface area (Å²) >= 11 is 0. The third-order valence-electron chi connectivity index (χ3n) is 7.27. The summed E-state index contributed by atoms with van der Waals surface area (Å²) < 4.78 is 0. The van der Waals surface area contributed by atoms with Crippen LogP contribution in [0.15, 0.2) is 53.8 Å². The second-order valence-corrected chi connectivity index (χ2v) is 11.5. The zero-order valence-electron chi connectivity index (χ0n) is 23.2. The van der Waals surface area contributed by atoms with Gasteiger partial charge in [-0.05, 0) is 60.6 Å². The molecule has 6 N–H and O–H groups in total. The predicted octanol–water partition coefficient (Wildman–Crippen LogP) is 5.71. The molecule has 0 bridgehead atoms. The highest BCUT2D eigenvalue weighted by Gasteiger charge is 2.24. The van der Waals surface area contributed by atoms with Gasteiger partial charge in [-0.25, -0.2) is 5.01 Å². The van der Waals surface area contributed by atoms with Gasteiger partial charge in [0.05, 0.1) is 11.4 Å². The van der Waals surface area contributed by atoms with Crippen LogP contribution in [0.25, 0.3) is 5.70 Å². The van der Waals surface area contributed by atoms with E-state index >= 15 is 0 Å². The molecule has 0 amide bonds. The number of nitrogens with two attached hydrogens (primary N) is 2. The van der Waals surface area contributed by atoms with Gasteiger partial charge in [0.25, 0.3) is 0 Å². The largest absolute Gasteiger partial charge is 0.397 e. The highest BCUT2D eigenvalue weighted by Crippen LogP contribution is 2.33. The van der Waals surface area contributed by atoms with Crippen molar-refractivity contribution in [2.24, 2.45) is 22.3 Å². The molecule has 0 saturated carbocycles. The number of rotatable bonds is 15. The molecule has 1 aromatic carbocycles. The zero-order valence-corrected chi connectivity index (χ0v) is 23.2. The quantitative estimate of drug-likeness (QED) is 0.191. The second-order valence-electron chi connectivity index (χ2n) is 11.5. The van der Waals surface area contributed by atoms with E-state index in [9.17, 15) is 0 Å². The number of hydrogen-bond acceptors (Lipinski definition) is 5. The van der Waals surface area contributed by atoms with E-state index in [0.29, 0.717) is 12.0 Å². The van der Waals surface area contributed by atoms with E-state index in [1.165, 1.54) is 30.4 Å². The molecule has 0 spiro atoms. The summed E-state index contributed by atoms with van der Waals surface area (Å²) in [5, 5.41) is 5.82. The van der Waals surface area contributed by atoms with Gasteiger partial charge in [-0.1, -0.05) is 83.5 Å². The zero-order chi connectivity index (χ0) is 25.9. The van der Waals surface area contributed by atoms with E-state index in [4.69, 9.17) is 11.5 Å². The lowest BCUT2D eigenvalue weighted by Crippen LogP contribution is -2.40. The number of benzene rings is 1. The van der Waals surface area contributed by atoms with Gasteiger partial charge in [-0.15, -0.1) is 0 Å². The minimum absolute atomic E-state index is 0.237. The SMILES string of the molecule is CCC(C)(C)CCC(C)(C)CNN(C)Cc1ccccc1/C(NCCCN)=C(/N)C1=CC=CCC1. The first-order valence-corrected chi connectivity index (χ1v) is 13.4. The molecule has 0 aliphatic heterocycles. The Morgan fingerprint density at radius 2 is 1.80 bits per heavy atom. The van der Waals surface area contributed by atoms with E-state index in [1.54, 1.807) is 0 Å². The third-order valence-corrected chi connectivity index (χ3v) is 7.27. The van der Waals surface area contributed by atoms with Crippen molar-refractivity contribution in [3.8, 4) is 0 Å². The molecule has 196 valence electrons. The Kier molecular flexibility index (Phi) is 11.5. The first kappa shape index (κ1) is 29.2. The van der Waals surface area contributed by atoms with Crippen LogP contribution in [0.2, 0.25) is 0 Å². The fourth-order valence-electron chi connectivity index (χ4n) is 4.14. The molecule has 0 fully saturated rings. The van der Waals surface area contributed by atoms with Crippen molar-refractivity contribution in [3.63, 3.8) is 0 Å². The molecule has 2 rings (SSSR count). The van der Waals surface area contributed by atoms with Crippen molar-refractivity contribution in [1.82, 2.24) is 15.8 Å². The van der Waals surface area contributed by atoms with Gasteiger partial charge in [0.15, 0.2) is 0 Å². The number of allylic oxidation sites excluding steroid dienone is 4. The van der Waals surface area contributed by atoms with Crippen LogP contribution >= 0.6 is 0 Å². The summed E-state index contributed by atoms with van der Waals surface area (Å²) in [4.78, 5) is 0. The van der Waals surface area contributed by atoms with Crippen LogP contribution in [0.4, 0.5) is 0 Å². The van der Waals surface area contributed by atoms with Crippen molar-refractivity contribution in [2.75, 3.05) is 26.7 Å². The van der Waals surface area contributed by atoms with Crippen LogP contribution in [0.3, 0.4) is 0 Å². The second kappa shape index (κ2) is 13.9. The normalized spacial score (nSPS) is 15.3. The molecule has 0 heterocycles. The average molecular weight is 482 g/mol. The smallest absolute Gasteiger partial charge is 0.0653 e. The van der Waals surface area contributed by atoms with E-state index < -0.39 is 0 Å². The summed E-state index contributed by atoms with van der Waals surface area (Å²) in [5.74, 6) is 0. The van der Waals surface area contributed by atoms with Gasteiger partial charge in [0.2, 0.25) is 0 Å². The third kappa shape index (κ3) is 9.83. The average Bonchev–Trinajstić information content (AvgIpc) is 2.85. The molecule has 1 aromatic rings. The van der Waals surface area contributed by atoms with Crippen LogP contribution in [-0.4, -0.2) is 31.7 Å². The highest BCUT2D eigenvalue weighted by atomic mass is 15.5. The number of hydrazine groups is 1. The minimum Gasteiger partial charge on any atom is -0.397 e. The van der Waals surface area contributed by atoms with Crippen LogP contribution in [0, 0.1) is 10.8 Å². The van der Waals surface area contributed by atoms with Gasteiger partial charge in [-0.2, -0.15) is 0 Å². The maximum atomic E-state index is 6.76. The first-order chi connectivity index (χ1) is 16.6. The Morgan fingerprint density at radius 1 is 1.09 bits per heavy atom. The molecule has 5 nitrogen and oxygen atoms in total. The van der Waals surface area contributed by atoms with Crippen LogP contribution in [-0.2, 0) is 6.54 Å². The molecule has 5 heteroatoms. The summed E-state index contributed by atoms with van der Waals surface area (Å²) in [6.45, 7) is 15.0. The molecule has 0 atom stereocenters. The Hall–Kier alpha value is -2.08. The van der Waals surface area contributed by atoms with Crippen molar-refractivity contribution in [1.29, 1.82) is 0 Å². The van der Waals surface area contributed by atoms with E-state index in [-0.39, 0.29) is 5.41 Å². The van der Waals surface area contributed by atoms with Crippen LogP contribution in [0.5, 0.6) is 0 Å². The van der Waals surface area contributed by atoms with Crippen molar-refractivity contribution in [2.45, 2.75) is 79.7 Å². The Balaban J connectivity index is 2.16. The standard InChI is InChI=1S/C30H51N5/c1-7-29(2,3)18-19-30(4,5)23-34-35(6)22-25-16-11-12-17-26(25)28(33-21-13-20-31)27(32)24-14-9-8-10-15-24/h8-9,11-12,14,16-17,33-34H,7,10,13,15,18-23,31-32H2,1-6H3/b28-27-. The monoisotopic (exact) mass is 481 g/mol. The highest BCUT2D eigenvalue weighted by molar-refractivity contribution is 5.72. The van der Waals surface area contributed by atoms with Gasteiger partial charge >= 0.3 is 0 Å². The van der Waals surface area contributed by atoms with Crippen LogP contribution < -0.4 is 22.2 Å². The lowest BCUT2D eigenvalue weighted by molar-refractivity contribution is 0.156. The van der Waals surface area contributed by atoms with Gasteiger partial charge in [0, 0.05) is 32.2 Å².